The molecule has 0 radical (unpaired) electrons. The van der Waals surface area contributed by atoms with Crippen molar-refractivity contribution < 1.29 is 8.42 Å². The zero-order valence-corrected chi connectivity index (χ0v) is 14.0. The monoisotopic (exact) mass is 309 g/mol. The number of hydrogen-bond acceptors (Lipinski definition) is 2. The highest BCUT2D eigenvalue weighted by Crippen LogP contribution is 2.14. The second-order valence-electron chi connectivity index (χ2n) is 5.50. The van der Waals surface area contributed by atoms with Gasteiger partial charge in [0.25, 0.3) is 0 Å². The Morgan fingerprint density at radius 1 is 1.19 bits per heavy atom. The van der Waals surface area contributed by atoms with Crippen molar-refractivity contribution >= 4 is 10.0 Å². The van der Waals surface area contributed by atoms with Crippen LogP contribution in [0.15, 0.2) is 41.8 Å². The maximum atomic E-state index is 12.4. The smallest absolute Gasteiger partial charge is 0.208 e. The summed E-state index contributed by atoms with van der Waals surface area (Å²) in [6.45, 7) is 7.83. The van der Waals surface area contributed by atoms with Crippen molar-refractivity contribution in [2.75, 3.05) is 0 Å². The molecular weight excluding hydrogens is 282 g/mol. The van der Waals surface area contributed by atoms with E-state index in [2.05, 4.69) is 18.2 Å². The molecule has 4 heteroatoms. The predicted octanol–water partition coefficient (Wildman–Crippen LogP) is 4.19. The van der Waals surface area contributed by atoms with E-state index in [4.69, 9.17) is 0 Å². The average Bonchev–Trinajstić information content (AvgIpc) is 2.44. The van der Waals surface area contributed by atoms with Gasteiger partial charge in [0, 0.05) is 6.04 Å². The molecule has 0 aliphatic carbocycles. The fraction of sp³-hybridized carbons (Fsp3) is 0.529. The van der Waals surface area contributed by atoms with Crippen LogP contribution in [0.5, 0.6) is 0 Å². The molecule has 0 spiro atoms. The quantitative estimate of drug-likeness (QED) is 0.520. The molecule has 0 amide bonds. The van der Waals surface area contributed by atoms with Crippen LogP contribution < -0.4 is 4.72 Å². The molecule has 0 aliphatic rings. The van der Waals surface area contributed by atoms with Crippen molar-refractivity contribution in [2.24, 2.45) is 0 Å². The van der Waals surface area contributed by atoms with Gasteiger partial charge in [-0.2, -0.15) is 0 Å². The standard InChI is InChI=1S/C17H27NO2S/c1-4-6-7-8-10-16(9-5-2)18-21(19,20)17-13-11-15(3)12-14-17/h5,11-14,16,18H,2,4,6-10H2,1,3H3/t16-/m0/s1. The Morgan fingerprint density at radius 3 is 2.43 bits per heavy atom. The molecule has 118 valence electrons. The van der Waals surface area contributed by atoms with Gasteiger partial charge in [0.1, 0.15) is 0 Å². The SMILES string of the molecule is C=CC[C@@H](CCCCCC)NS(=O)(=O)c1ccc(C)cc1. The predicted molar refractivity (Wildman–Crippen MR) is 88.9 cm³/mol. The van der Waals surface area contributed by atoms with Crippen LogP contribution in [0.3, 0.4) is 0 Å². The maximum Gasteiger partial charge on any atom is 0.240 e. The molecule has 1 aromatic carbocycles. The lowest BCUT2D eigenvalue weighted by Crippen LogP contribution is -2.34. The summed E-state index contributed by atoms with van der Waals surface area (Å²) in [6, 6.07) is 6.88. The minimum absolute atomic E-state index is 0.0642. The van der Waals surface area contributed by atoms with E-state index in [9.17, 15) is 8.42 Å². The van der Waals surface area contributed by atoms with Crippen LogP contribution in [-0.2, 0) is 10.0 Å². The van der Waals surface area contributed by atoms with Crippen LogP contribution in [0.4, 0.5) is 0 Å². The Kier molecular flexibility index (Phi) is 7.68. The molecule has 1 N–H and O–H groups in total. The number of nitrogens with one attached hydrogen (secondary N) is 1. The topological polar surface area (TPSA) is 46.2 Å². The Hall–Kier alpha value is -1.13. The van der Waals surface area contributed by atoms with E-state index >= 15 is 0 Å². The Balaban J connectivity index is 2.67. The van der Waals surface area contributed by atoms with Gasteiger partial charge in [-0.25, -0.2) is 13.1 Å². The lowest BCUT2D eigenvalue weighted by Gasteiger charge is -2.17. The largest absolute Gasteiger partial charge is 0.240 e. The third-order valence-electron chi connectivity index (χ3n) is 3.51. The number of sulfonamides is 1. The summed E-state index contributed by atoms with van der Waals surface area (Å²) in [6.07, 6.45) is 7.88. The summed E-state index contributed by atoms with van der Waals surface area (Å²) < 4.78 is 27.6. The van der Waals surface area contributed by atoms with E-state index in [1.165, 1.54) is 12.8 Å². The third kappa shape index (κ3) is 6.44. The molecule has 0 heterocycles. The molecule has 1 atom stereocenters. The minimum Gasteiger partial charge on any atom is -0.208 e. The van der Waals surface area contributed by atoms with Crippen LogP contribution in [0.2, 0.25) is 0 Å². The van der Waals surface area contributed by atoms with Crippen LogP contribution >= 0.6 is 0 Å². The Labute approximate surface area is 129 Å². The Morgan fingerprint density at radius 2 is 1.86 bits per heavy atom. The number of benzene rings is 1. The van der Waals surface area contributed by atoms with Crippen LogP contribution in [0, 0.1) is 6.92 Å². The Bertz CT molecular complexity index is 520. The first-order valence-corrected chi connectivity index (χ1v) is 9.17. The molecule has 0 bridgehead atoms. The van der Waals surface area contributed by atoms with Gasteiger partial charge in [-0.1, -0.05) is 56.4 Å². The highest BCUT2D eigenvalue weighted by Gasteiger charge is 2.18. The van der Waals surface area contributed by atoms with E-state index in [0.717, 1.165) is 24.8 Å². The molecule has 1 rings (SSSR count). The zero-order valence-electron chi connectivity index (χ0n) is 13.1. The fourth-order valence-corrected chi connectivity index (χ4v) is 3.53. The van der Waals surface area contributed by atoms with Gasteiger partial charge in [-0.3, -0.25) is 0 Å². The van der Waals surface area contributed by atoms with Crippen molar-refractivity contribution in [2.45, 2.75) is 63.3 Å². The fourth-order valence-electron chi connectivity index (χ4n) is 2.25. The first-order chi connectivity index (χ1) is 9.99. The second-order valence-corrected chi connectivity index (χ2v) is 7.22. The van der Waals surface area contributed by atoms with E-state index < -0.39 is 10.0 Å². The molecule has 0 aliphatic heterocycles. The van der Waals surface area contributed by atoms with E-state index in [1.807, 2.05) is 19.1 Å². The molecule has 1 aromatic rings. The molecule has 0 unspecified atom stereocenters. The van der Waals surface area contributed by atoms with Crippen molar-refractivity contribution in [3.05, 3.63) is 42.5 Å². The van der Waals surface area contributed by atoms with Crippen molar-refractivity contribution in [1.82, 2.24) is 4.72 Å². The van der Waals surface area contributed by atoms with E-state index in [0.29, 0.717) is 11.3 Å². The minimum atomic E-state index is -3.44. The molecule has 0 saturated heterocycles. The van der Waals surface area contributed by atoms with Gasteiger partial charge in [0.15, 0.2) is 0 Å². The molecular formula is C17H27NO2S. The first-order valence-electron chi connectivity index (χ1n) is 7.69. The van der Waals surface area contributed by atoms with Gasteiger partial charge >= 0.3 is 0 Å². The van der Waals surface area contributed by atoms with E-state index in [-0.39, 0.29) is 6.04 Å². The molecule has 0 fully saturated rings. The summed E-state index contributed by atoms with van der Waals surface area (Å²) >= 11 is 0. The number of hydrogen-bond donors (Lipinski definition) is 1. The highest BCUT2D eigenvalue weighted by molar-refractivity contribution is 7.89. The van der Waals surface area contributed by atoms with Crippen molar-refractivity contribution in [1.29, 1.82) is 0 Å². The molecule has 3 nitrogen and oxygen atoms in total. The third-order valence-corrected chi connectivity index (χ3v) is 5.05. The summed E-state index contributed by atoms with van der Waals surface area (Å²) in [5.41, 5.74) is 1.05. The summed E-state index contributed by atoms with van der Waals surface area (Å²) in [5.74, 6) is 0. The highest BCUT2D eigenvalue weighted by atomic mass is 32.2. The maximum absolute atomic E-state index is 12.4. The van der Waals surface area contributed by atoms with Gasteiger partial charge in [-0.15, -0.1) is 6.58 Å². The zero-order chi connectivity index (χ0) is 15.7. The van der Waals surface area contributed by atoms with Gasteiger partial charge in [-0.05, 0) is 31.9 Å². The molecule has 0 saturated carbocycles. The van der Waals surface area contributed by atoms with Crippen molar-refractivity contribution in [3.8, 4) is 0 Å². The molecule has 0 aromatic heterocycles. The van der Waals surface area contributed by atoms with Gasteiger partial charge < -0.3 is 0 Å². The summed E-state index contributed by atoms with van der Waals surface area (Å²) in [7, 11) is -3.44. The number of aryl methyl sites for hydroxylation is 1. The lowest BCUT2D eigenvalue weighted by molar-refractivity contribution is 0.502. The average molecular weight is 309 g/mol. The summed E-state index contributed by atoms with van der Waals surface area (Å²) in [5, 5.41) is 0. The van der Waals surface area contributed by atoms with Crippen molar-refractivity contribution in [3.63, 3.8) is 0 Å². The van der Waals surface area contributed by atoms with Gasteiger partial charge in [0.2, 0.25) is 10.0 Å². The number of rotatable bonds is 10. The van der Waals surface area contributed by atoms with E-state index in [1.54, 1.807) is 18.2 Å². The summed E-state index contributed by atoms with van der Waals surface area (Å²) in [4.78, 5) is 0.329. The second kappa shape index (κ2) is 9.00. The van der Waals surface area contributed by atoms with Crippen LogP contribution in [0.25, 0.3) is 0 Å². The molecule has 21 heavy (non-hydrogen) atoms. The van der Waals surface area contributed by atoms with Crippen LogP contribution in [0.1, 0.15) is 51.0 Å². The van der Waals surface area contributed by atoms with Gasteiger partial charge in [0.05, 0.1) is 4.90 Å². The first kappa shape index (κ1) is 17.9. The van der Waals surface area contributed by atoms with Crippen LogP contribution in [-0.4, -0.2) is 14.5 Å². The number of unbranched alkanes of at least 4 members (excludes halogenated alkanes) is 3. The normalized spacial score (nSPS) is 13.0. The lowest BCUT2D eigenvalue weighted by atomic mass is 10.1.